The molecule has 1 atom stereocenters. The van der Waals surface area contributed by atoms with E-state index in [-0.39, 0.29) is 17.9 Å². The van der Waals surface area contributed by atoms with Gasteiger partial charge >= 0.3 is 5.97 Å². The van der Waals surface area contributed by atoms with Crippen LogP contribution in [-0.2, 0) is 22.1 Å². The van der Waals surface area contributed by atoms with Crippen molar-refractivity contribution in [1.82, 2.24) is 9.55 Å². The third-order valence-electron chi connectivity index (χ3n) is 2.48. The van der Waals surface area contributed by atoms with Crippen LogP contribution in [0.2, 0.25) is 0 Å². The van der Waals surface area contributed by atoms with Crippen LogP contribution in [0.15, 0.2) is 21.4 Å². The van der Waals surface area contributed by atoms with Crippen molar-refractivity contribution in [2.24, 2.45) is 0 Å². The van der Waals surface area contributed by atoms with Gasteiger partial charge in [-0.25, -0.2) is 4.98 Å². The summed E-state index contributed by atoms with van der Waals surface area (Å²) in [6.07, 6.45) is 1.56. The van der Waals surface area contributed by atoms with Gasteiger partial charge in [-0.15, -0.1) is 11.3 Å². The number of aromatic nitrogens is 2. The lowest BCUT2D eigenvalue weighted by atomic mass is 10.4. The van der Waals surface area contributed by atoms with E-state index in [0.717, 1.165) is 11.8 Å². The van der Waals surface area contributed by atoms with Crippen molar-refractivity contribution < 1.29 is 14.1 Å². The molecule has 0 radical (unpaired) electrons. The SMILES string of the molecule is CS(=O)CCn1c(SCC(=O)O)nc2sccc2c1=O. The van der Waals surface area contributed by atoms with Crippen molar-refractivity contribution in [3.05, 3.63) is 21.8 Å². The zero-order chi connectivity index (χ0) is 14.7. The number of thiophene rings is 1. The highest BCUT2D eigenvalue weighted by Crippen LogP contribution is 2.21. The minimum absolute atomic E-state index is 0.168. The maximum Gasteiger partial charge on any atom is 0.313 e. The van der Waals surface area contributed by atoms with E-state index in [2.05, 4.69) is 4.98 Å². The van der Waals surface area contributed by atoms with Gasteiger partial charge in [0.1, 0.15) is 4.83 Å². The fraction of sp³-hybridized carbons (Fsp3) is 0.364. The second-order valence-corrected chi connectivity index (χ2v) is 7.34. The number of hydrogen-bond acceptors (Lipinski definition) is 6. The Morgan fingerprint density at radius 1 is 1.60 bits per heavy atom. The number of carboxylic acid groups (broad SMARTS) is 1. The van der Waals surface area contributed by atoms with Crippen molar-refractivity contribution in [2.75, 3.05) is 17.8 Å². The molecule has 2 aromatic heterocycles. The molecule has 0 aliphatic rings. The summed E-state index contributed by atoms with van der Waals surface area (Å²) in [6, 6.07) is 1.69. The summed E-state index contributed by atoms with van der Waals surface area (Å²) in [5, 5.41) is 11.4. The molecular weight excluding hydrogens is 320 g/mol. The molecule has 0 saturated heterocycles. The summed E-state index contributed by atoms with van der Waals surface area (Å²) in [6.45, 7) is 0.267. The Morgan fingerprint density at radius 3 is 3.00 bits per heavy atom. The van der Waals surface area contributed by atoms with Gasteiger partial charge in [-0.05, 0) is 11.4 Å². The quantitative estimate of drug-likeness (QED) is 0.627. The topological polar surface area (TPSA) is 89.3 Å². The first-order chi connectivity index (χ1) is 9.49. The molecule has 20 heavy (non-hydrogen) atoms. The van der Waals surface area contributed by atoms with Crippen LogP contribution in [0.1, 0.15) is 0 Å². The molecular formula is C11H12N2O4S3. The predicted molar refractivity (Wildman–Crippen MR) is 81.2 cm³/mol. The normalized spacial score (nSPS) is 12.7. The summed E-state index contributed by atoms with van der Waals surface area (Å²) >= 11 is 2.34. The molecule has 2 heterocycles. The van der Waals surface area contributed by atoms with Crippen molar-refractivity contribution >= 4 is 50.1 Å². The highest BCUT2D eigenvalue weighted by atomic mass is 32.2. The number of carboxylic acids is 1. The molecule has 1 N–H and O–H groups in total. The molecule has 108 valence electrons. The largest absolute Gasteiger partial charge is 0.481 e. The molecule has 0 aromatic carbocycles. The van der Waals surface area contributed by atoms with Gasteiger partial charge in [0.05, 0.1) is 11.1 Å². The summed E-state index contributed by atoms with van der Waals surface area (Å²) in [5.41, 5.74) is -0.213. The monoisotopic (exact) mass is 332 g/mol. The van der Waals surface area contributed by atoms with Crippen molar-refractivity contribution in [3.8, 4) is 0 Å². The maximum absolute atomic E-state index is 12.3. The molecule has 0 saturated carbocycles. The first kappa shape index (κ1) is 15.2. The maximum atomic E-state index is 12.3. The van der Waals surface area contributed by atoms with Gasteiger partial charge in [0, 0.05) is 29.4 Å². The molecule has 0 aliphatic heterocycles. The Kier molecular flexibility index (Phi) is 4.95. The van der Waals surface area contributed by atoms with Crippen LogP contribution in [0.4, 0.5) is 0 Å². The van der Waals surface area contributed by atoms with Gasteiger partial charge in [-0.3, -0.25) is 18.4 Å². The molecule has 0 fully saturated rings. The number of carbonyl (C=O) groups is 1. The number of thioether (sulfide) groups is 1. The zero-order valence-corrected chi connectivity index (χ0v) is 13.0. The first-order valence-electron chi connectivity index (χ1n) is 5.61. The second-order valence-electron chi connectivity index (χ2n) is 3.95. The lowest BCUT2D eigenvalue weighted by Gasteiger charge is -2.10. The van der Waals surface area contributed by atoms with E-state index in [0.29, 0.717) is 21.1 Å². The van der Waals surface area contributed by atoms with Crippen molar-refractivity contribution in [3.63, 3.8) is 0 Å². The van der Waals surface area contributed by atoms with E-state index in [4.69, 9.17) is 5.11 Å². The Balaban J connectivity index is 2.44. The fourth-order valence-electron chi connectivity index (χ4n) is 1.58. The van der Waals surface area contributed by atoms with Crippen LogP contribution >= 0.6 is 23.1 Å². The lowest BCUT2D eigenvalue weighted by molar-refractivity contribution is -0.133. The van der Waals surface area contributed by atoms with Crippen LogP contribution in [0.5, 0.6) is 0 Å². The standard InChI is InChI=1S/C11H12N2O4S3/c1-20(17)5-3-13-10(16)7-2-4-18-9(7)12-11(13)19-6-8(14)15/h2,4H,3,5-6H2,1H3,(H,14,15). The van der Waals surface area contributed by atoms with Crippen LogP contribution in [0.25, 0.3) is 10.2 Å². The molecule has 0 aliphatic carbocycles. The Bertz CT molecular complexity index is 722. The van der Waals surface area contributed by atoms with Crippen LogP contribution < -0.4 is 5.56 Å². The molecule has 0 amide bonds. The Labute approximate surface area is 125 Å². The van der Waals surface area contributed by atoms with Gasteiger partial charge in [0.2, 0.25) is 0 Å². The summed E-state index contributed by atoms with van der Waals surface area (Å²) in [7, 11) is -1.03. The van der Waals surface area contributed by atoms with Gasteiger partial charge in [0.15, 0.2) is 5.16 Å². The third-order valence-corrected chi connectivity index (χ3v) is 5.00. The number of aliphatic carboxylic acids is 1. The lowest BCUT2D eigenvalue weighted by Crippen LogP contribution is -2.25. The summed E-state index contributed by atoms with van der Waals surface area (Å²) in [4.78, 5) is 27.9. The molecule has 6 nitrogen and oxygen atoms in total. The van der Waals surface area contributed by atoms with Crippen LogP contribution in [0.3, 0.4) is 0 Å². The van der Waals surface area contributed by atoms with Crippen molar-refractivity contribution in [2.45, 2.75) is 11.7 Å². The number of fused-ring (bicyclic) bond motifs is 1. The van der Waals surface area contributed by atoms with E-state index in [1.54, 1.807) is 17.7 Å². The zero-order valence-electron chi connectivity index (χ0n) is 10.6. The van der Waals surface area contributed by atoms with Gasteiger partial charge in [0.25, 0.3) is 5.56 Å². The van der Waals surface area contributed by atoms with Gasteiger partial charge in [-0.1, -0.05) is 11.8 Å². The number of rotatable bonds is 6. The Hall–Kier alpha value is -1.19. The number of hydrogen-bond donors (Lipinski definition) is 1. The van der Waals surface area contributed by atoms with Gasteiger partial charge in [-0.2, -0.15) is 0 Å². The first-order valence-corrected chi connectivity index (χ1v) is 9.21. The summed E-state index contributed by atoms with van der Waals surface area (Å²) in [5.74, 6) is -0.808. The molecule has 0 spiro atoms. The third kappa shape index (κ3) is 3.47. The van der Waals surface area contributed by atoms with E-state index in [9.17, 15) is 13.8 Å². The number of nitrogens with zero attached hydrogens (tertiary/aromatic N) is 2. The molecule has 9 heteroatoms. The Morgan fingerprint density at radius 2 is 2.35 bits per heavy atom. The second kappa shape index (κ2) is 6.51. The molecule has 2 rings (SSSR count). The highest BCUT2D eigenvalue weighted by molar-refractivity contribution is 7.99. The van der Waals surface area contributed by atoms with E-state index >= 15 is 0 Å². The van der Waals surface area contributed by atoms with Crippen molar-refractivity contribution in [1.29, 1.82) is 0 Å². The molecule has 1 unspecified atom stereocenters. The minimum atomic E-state index is -1.03. The molecule has 0 bridgehead atoms. The average molecular weight is 332 g/mol. The minimum Gasteiger partial charge on any atom is -0.481 e. The van der Waals surface area contributed by atoms with Gasteiger partial charge < -0.3 is 5.11 Å². The van der Waals surface area contributed by atoms with Crippen LogP contribution in [-0.4, -0.2) is 42.6 Å². The fourth-order valence-corrected chi connectivity index (χ4v) is 3.57. The smallest absolute Gasteiger partial charge is 0.313 e. The highest BCUT2D eigenvalue weighted by Gasteiger charge is 2.13. The predicted octanol–water partition coefficient (Wildman–Crippen LogP) is 1.01. The molecule has 2 aromatic rings. The van der Waals surface area contributed by atoms with E-state index < -0.39 is 16.8 Å². The summed E-state index contributed by atoms with van der Waals surface area (Å²) < 4.78 is 12.6. The van der Waals surface area contributed by atoms with E-state index in [1.807, 2.05) is 0 Å². The average Bonchev–Trinajstić information content (AvgIpc) is 2.83. The van der Waals surface area contributed by atoms with E-state index in [1.165, 1.54) is 15.9 Å². The van der Waals surface area contributed by atoms with Crippen LogP contribution in [0, 0.1) is 0 Å².